The molecule has 2 aromatic heterocycles. The molecule has 0 bridgehead atoms. The lowest BCUT2D eigenvalue weighted by Crippen LogP contribution is -2.14. The van der Waals surface area contributed by atoms with Crippen molar-refractivity contribution in [3.8, 4) is 0 Å². The van der Waals surface area contributed by atoms with Crippen LogP contribution in [0.2, 0.25) is 10.0 Å². The van der Waals surface area contributed by atoms with Crippen molar-refractivity contribution in [3.63, 3.8) is 0 Å². The molecule has 1 atom stereocenters. The topological polar surface area (TPSA) is 40.7 Å². The van der Waals surface area contributed by atoms with E-state index < -0.39 is 0 Å². The Labute approximate surface area is 162 Å². The summed E-state index contributed by atoms with van der Waals surface area (Å²) in [4.78, 5) is 7.89. The van der Waals surface area contributed by atoms with E-state index in [0.29, 0.717) is 10.0 Å². The summed E-state index contributed by atoms with van der Waals surface area (Å²) in [5.74, 6) is 0.799. The Morgan fingerprint density at radius 3 is 2.54 bits per heavy atom. The van der Waals surface area contributed by atoms with Crippen LogP contribution in [0.25, 0.3) is 10.9 Å². The molecule has 0 radical (unpaired) electrons. The zero-order chi connectivity index (χ0) is 18.1. The second kappa shape index (κ2) is 7.02. The third-order valence-electron chi connectivity index (χ3n) is 4.47. The van der Waals surface area contributed by atoms with Gasteiger partial charge in [-0.3, -0.25) is 0 Å². The van der Waals surface area contributed by atoms with Crippen molar-refractivity contribution >= 4 is 39.9 Å². The summed E-state index contributed by atoms with van der Waals surface area (Å²) < 4.78 is 0. The van der Waals surface area contributed by atoms with E-state index in [1.807, 2.05) is 48.5 Å². The average molecular weight is 382 g/mol. The second-order valence-electron chi connectivity index (χ2n) is 6.18. The van der Waals surface area contributed by atoms with Crippen LogP contribution < -0.4 is 5.32 Å². The average Bonchev–Trinajstić information content (AvgIpc) is 2.99. The van der Waals surface area contributed by atoms with E-state index in [0.717, 1.165) is 22.6 Å². The van der Waals surface area contributed by atoms with Gasteiger partial charge in [-0.1, -0.05) is 53.5 Å². The van der Waals surface area contributed by atoms with Gasteiger partial charge in [-0.05, 0) is 42.8 Å². The summed E-state index contributed by atoms with van der Waals surface area (Å²) in [6.07, 6.45) is 1.77. The molecule has 3 nitrogen and oxygen atoms in total. The van der Waals surface area contributed by atoms with Crippen molar-refractivity contribution in [2.75, 3.05) is 5.32 Å². The summed E-state index contributed by atoms with van der Waals surface area (Å²) in [6.45, 7) is 2.08. The summed E-state index contributed by atoms with van der Waals surface area (Å²) >= 11 is 12.4. The number of aromatic nitrogens is 2. The third-order valence-corrected chi connectivity index (χ3v) is 5.21. The number of para-hydroxylation sites is 1. The van der Waals surface area contributed by atoms with Crippen LogP contribution in [0.1, 0.15) is 22.9 Å². The maximum atomic E-state index is 6.30. The number of nitrogens with zero attached hydrogens (tertiary/aromatic N) is 1. The van der Waals surface area contributed by atoms with Crippen LogP contribution in [0.4, 0.5) is 5.82 Å². The molecule has 0 saturated carbocycles. The number of halogens is 2. The van der Waals surface area contributed by atoms with Gasteiger partial charge in [-0.2, -0.15) is 0 Å². The van der Waals surface area contributed by atoms with Crippen LogP contribution in [0.15, 0.2) is 66.9 Å². The van der Waals surface area contributed by atoms with Gasteiger partial charge in [0.1, 0.15) is 5.82 Å². The molecule has 2 aromatic carbocycles. The first kappa shape index (κ1) is 17.0. The summed E-state index contributed by atoms with van der Waals surface area (Å²) in [6, 6.07) is 19.7. The molecule has 0 spiro atoms. The van der Waals surface area contributed by atoms with E-state index in [-0.39, 0.29) is 6.04 Å². The predicted octanol–water partition coefficient (Wildman–Crippen LogP) is 6.38. The highest BCUT2D eigenvalue weighted by Gasteiger charge is 2.22. The van der Waals surface area contributed by atoms with Gasteiger partial charge in [0.15, 0.2) is 0 Å². The Balaban J connectivity index is 1.89. The lowest BCUT2D eigenvalue weighted by molar-refractivity contribution is 0.922. The molecule has 0 aliphatic carbocycles. The molecule has 0 unspecified atom stereocenters. The number of fused-ring (bicyclic) bond motifs is 1. The Bertz CT molecular complexity index is 1060. The molecular formula is C21H17Cl2N3. The molecule has 0 fully saturated rings. The number of benzene rings is 2. The van der Waals surface area contributed by atoms with Crippen molar-refractivity contribution in [1.82, 2.24) is 9.97 Å². The highest BCUT2D eigenvalue weighted by molar-refractivity contribution is 6.42. The SMILES string of the molecule is Cc1[nH]c2ccccc2c1[C@H](Nc1ccccn1)c1ccc(Cl)c(Cl)c1. The number of pyridine rings is 1. The van der Waals surface area contributed by atoms with E-state index in [2.05, 4.69) is 34.3 Å². The molecule has 5 heteroatoms. The van der Waals surface area contributed by atoms with Gasteiger partial charge in [-0.15, -0.1) is 0 Å². The summed E-state index contributed by atoms with van der Waals surface area (Å²) in [5, 5.41) is 5.80. The first-order valence-electron chi connectivity index (χ1n) is 8.33. The fourth-order valence-corrected chi connectivity index (χ4v) is 3.59. The molecule has 0 saturated heterocycles. The van der Waals surface area contributed by atoms with Crippen LogP contribution in [0, 0.1) is 6.92 Å². The standard InChI is InChI=1S/C21H17Cl2N3/c1-13-20(15-6-2-3-7-18(15)25-13)21(26-19-8-4-5-11-24-19)14-9-10-16(22)17(23)12-14/h2-12,21,25H,1H3,(H,24,26)/t21-/m1/s1. The lowest BCUT2D eigenvalue weighted by atomic mass is 9.96. The van der Waals surface area contributed by atoms with Crippen molar-refractivity contribution in [2.45, 2.75) is 13.0 Å². The quantitative estimate of drug-likeness (QED) is 0.430. The number of aryl methyl sites for hydroxylation is 1. The molecule has 130 valence electrons. The van der Waals surface area contributed by atoms with E-state index in [4.69, 9.17) is 23.2 Å². The van der Waals surface area contributed by atoms with Gasteiger partial charge in [0.2, 0.25) is 0 Å². The number of hydrogen-bond acceptors (Lipinski definition) is 2. The molecule has 4 aromatic rings. The Morgan fingerprint density at radius 1 is 0.962 bits per heavy atom. The molecule has 26 heavy (non-hydrogen) atoms. The van der Waals surface area contributed by atoms with Crippen LogP contribution >= 0.6 is 23.2 Å². The maximum absolute atomic E-state index is 6.30. The molecular weight excluding hydrogens is 365 g/mol. The Morgan fingerprint density at radius 2 is 1.77 bits per heavy atom. The zero-order valence-corrected chi connectivity index (χ0v) is 15.6. The Kier molecular flexibility index (Phi) is 4.58. The predicted molar refractivity (Wildman–Crippen MR) is 109 cm³/mol. The molecule has 0 amide bonds. The number of nitrogens with one attached hydrogen (secondary N) is 2. The van der Waals surface area contributed by atoms with Crippen molar-refractivity contribution in [3.05, 3.63) is 93.7 Å². The monoisotopic (exact) mass is 381 g/mol. The number of rotatable bonds is 4. The fourth-order valence-electron chi connectivity index (χ4n) is 3.28. The molecule has 0 aliphatic heterocycles. The lowest BCUT2D eigenvalue weighted by Gasteiger charge is -2.21. The fraction of sp³-hybridized carbons (Fsp3) is 0.0952. The number of hydrogen-bond donors (Lipinski definition) is 2. The molecule has 4 rings (SSSR count). The minimum atomic E-state index is -0.115. The van der Waals surface area contributed by atoms with Crippen molar-refractivity contribution in [2.24, 2.45) is 0 Å². The minimum Gasteiger partial charge on any atom is -0.359 e. The van der Waals surface area contributed by atoms with E-state index >= 15 is 0 Å². The minimum absolute atomic E-state index is 0.115. The van der Waals surface area contributed by atoms with E-state index in [1.54, 1.807) is 6.20 Å². The maximum Gasteiger partial charge on any atom is 0.126 e. The van der Waals surface area contributed by atoms with Gasteiger partial charge in [-0.25, -0.2) is 4.98 Å². The molecule has 2 heterocycles. The molecule has 2 N–H and O–H groups in total. The number of aromatic amines is 1. The van der Waals surface area contributed by atoms with Crippen molar-refractivity contribution < 1.29 is 0 Å². The number of anilines is 1. The Hall–Kier alpha value is -2.49. The van der Waals surface area contributed by atoms with Crippen LogP contribution in [0.3, 0.4) is 0 Å². The number of H-pyrrole nitrogens is 1. The van der Waals surface area contributed by atoms with Gasteiger partial charge in [0.25, 0.3) is 0 Å². The van der Waals surface area contributed by atoms with Crippen molar-refractivity contribution in [1.29, 1.82) is 0 Å². The van der Waals surface area contributed by atoms with Crippen LogP contribution in [-0.4, -0.2) is 9.97 Å². The van der Waals surface area contributed by atoms with Gasteiger partial charge in [0, 0.05) is 28.4 Å². The highest BCUT2D eigenvalue weighted by atomic mass is 35.5. The largest absolute Gasteiger partial charge is 0.359 e. The molecule has 0 aliphatic rings. The van der Waals surface area contributed by atoms with Gasteiger partial charge >= 0.3 is 0 Å². The summed E-state index contributed by atoms with van der Waals surface area (Å²) in [5.41, 5.74) is 4.40. The zero-order valence-electron chi connectivity index (χ0n) is 14.1. The second-order valence-corrected chi connectivity index (χ2v) is 6.99. The van der Waals surface area contributed by atoms with Crippen LogP contribution in [0.5, 0.6) is 0 Å². The van der Waals surface area contributed by atoms with E-state index in [9.17, 15) is 0 Å². The van der Waals surface area contributed by atoms with Gasteiger partial charge < -0.3 is 10.3 Å². The first-order valence-corrected chi connectivity index (χ1v) is 9.09. The third kappa shape index (κ3) is 3.16. The smallest absolute Gasteiger partial charge is 0.126 e. The summed E-state index contributed by atoms with van der Waals surface area (Å²) in [7, 11) is 0. The first-order chi connectivity index (χ1) is 12.6. The normalized spacial score (nSPS) is 12.3. The van der Waals surface area contributed by atoms with Crippen LogP contribution in [-0.2, 0) is 0 Å². The van der Waals surface area contributed by atoms with E-state index in [1.165, 1.54) is 10.9 Å². The van der Waals surface area contributed by atoms with Gasteiger partial charge in [0.05, 0.1) is 16.1 Å². The highest BCUT2D eigenvalue weighted by Crippen LogP contribution is 2.36.